The average Bonchev–Trinajstić information content (AvgIpc) is 3.37. The van der Waals surface area contributed by atoms with Gasteiger partial charge in [-0.1, -0.05) is 12.1 Å². The third-order valence-corrected chi connectivity index (χ3v) is 4.18. The van der Waals surface area contributed by atoms with Crippen molar-refractivity contribution in [1.82, 2.24) is 9.80 Å². The molecule has 0 spiro atoms. The minimum atomic E-state index is -2.88. The van der Waals surface area contributed by atoms with E-state index < -0.39 is 18.6 Å². The van der Waals surface area contributed by atoms with Crippen LogP contribution in [0.4, 0.5) is 8.78 Å². The number of benzene rings is 1. The van der Waals surface area contributed by atoms with E-state index >= 15 is 0 Å². The molecule has 1 aromatic rings. The molecular formula is C17H22F2N2O4. The third-order valence-electron chi connectivity index (χ3n) is 4.18. The van der Waals surface area contributed by atoms with Crippen LogP contribution in [-0.2, 0) is 16.1 Å². The molecule has 1 amide bonds. The van der Waals surface area contributed by atoms with Crippen LogP contribution in [0.3, 0.4) is 0 Å². The molecule has 1 aromatic carbocycles. The molecule has 0 bridgehead atoms. The predicted octanol–water partition coefficient (Wildman–Crippen LogP) is 2.18. The Kier molecular flexibility index (Phi) is 6.30. The Morgan fingerprint density at radius 3 is 2.36 bits per heavy atom. The Morgan fingerprint density at radius 1 is 1.28 bits per heavy atom. The van der Waals surface area contributed by atoms with Gasteiger partial charge in [0, 0.05) is 19.6 Å². The molecule has 6 nitrogen and oxygen atoms in total. The second-order valence-electron chi connectivity index (χ2n) is 6.19. The van der Waals surface area contributed by atoms with Crippen molar-refractivity contribution in [2.45, 2.75) is 45.0 Å². The fraction of sp³-hybridized carbons (Fsp3) is 0.529. The van der Waals surface area contributed by atoms with E-state index in [1.165, 1.54) is 17.0 Å². The number of hydrogen-bond acceptors (Lipinski definition) is 4. The highest BCUT2D eigenvalue weighted by molar-refractivity contribution is 5.80. The highest BCUT2D eigenvalue weighted by Gasteiger charge is 2.36. The van der Waals surface area contributed by atoms with Gasteiger partial charge in [0.25, 0.3) is 0 Å². The highest BCUT2D eigenvalue weighted by atomic mass is 19.3. The van der Waals surface area contributed by atoms with Crippen LogP contribution in [0.1, 0.15) is 25.3 Å². The number of carboxylic acid groups (broad SMARTS) is 1. The number of carboxylic acids is 1. The molecule has 1 unspecified atom stereocenters. The minimum absolute atomic E-state index is 0.0429. The van der Waals surface area contributed by atoms with Gasteiger partial charge in [0.15, 0.2) is 0 Å². The maximum atomic E-state index is 12.4. The number of amides is 1. The first-order valence-corrected chi connectivity index (χ1v) is 8.04. The molecule has 0 aromatic heterocycles. The van der Waals surface area contributed by atoms with Gasteiger partial charge in [-0.3, -0.25) is 14.5 Å². The van der Waals surface area contributed by atoms with E-state index in [9.17, 15) is 23.5 Å². The maximum absolute atomic E-state index is 12.4. The quantitative estimate of drug-likeness (QED) is 0.734. The lowest BCUT2D eigenvalue weighted by Crippen LogP contribution is -2.46. The van der Waals surface area contributed by atoms with Crippen LogP contribution < -0.4 is 4.74 Å². The molecule has 1 aliphatic carbocycles. The van der Waals surface area contributed by atoms with Crippen molar-refractivity contribution in [2.75, 3.05) is 13.6 Å². The van der Waals surface area contributed by atoms with Crippen molar-refractivity contribution >= 4 is 11.9 Å². The van der Waals surface area contributed by atoms with Crippen molar-refractivity contribution in [3.8, 4) is 5.75 Å². The van der Waals surface area contributed by atoms with E-state index in [1.807, 2.05) is 0 Å². The third kappa shape index (κ3) is 5.67. The van der Waals surface area contributed by atoms with Gasteiger partial charge >= 0.3 is 12.6 Å². The van der Waals surface area contributed by atoms with E-state index in [-0.39, 0.29) is 24.2 Å². The highest BCUT2D eigenvalue weighted by Crippen LogP contribution is 2.28. The molecular weight excluding hydrogens is 334 g/mol. The Bertz CT molecular complexity index is 605. The Morgan fingerprint density at radius 2 is 1.88 bits per heavy atom. The molecule has 1 saturated carbocycles. The molecule has 1 atom stereocenters. The average molecular weight is 356 g/mol. The molecule has 138 valence electrons. The molecule has 2 rings (SSSR count). The monoisotopic (exact) mass is 356 g/mol. The summed E-state index contributed by atoms with van der Waals surface area (Å²) < 4.78 is 28.5. The van der Waals surface area contributed by atoms with E-state index in [4.69, 9.17) is 0 Å². The summed E-state index contributed by atoms with van der Waals surface area (Å²) in [4.78, 5) is 26.8. The zero-order chi connectivity index (χ0) is 18.6. The van der Waals surface area contributed by atoms with E-state index in [0.717, 1.165) is 18.4 Å². The lowest BCUT2D eigenvalue weighted by molar-refractivity contribution is -0.144. The molecule has 1 N–H and O–H groups in total. The SMILES string of the molecule is CC(C(=O)O)N(CC(=O)N(C)Cc1ccc(OC(F)F)cc1)C1CC1. The van der Waals surface area contributed by atoms with Gasteiger partial charge < -0.3 is 14.7 Å². The zero-order valence-electron chi connectivity index (χ0n) is 14.2. The molecule has 25 heavy (non-hydrogen) atoms. The number of halogens is 2. The van der Waals surface area contributed by atoms with Gasteiger partial charge in [-0.2, -0.15) is 8.78 Å². The first-order chi connectivity index (χ1) is 11.8. The Hall–Kier alpha value is -2.22. The van der Waals surface area contributed by atoms with Crippen LogP contribution in [0.15, 0.2) is 24.3 Å². The van der Waals surface area contributed by atoms with Gasteiger partial charge in [-0.05, 0) is 37.5 Å². The van der Waals surface area contributed by atoms with E-state index in [2.05, 4.69) is 4.74 Å². The number of rotatable bonds is 9. The summed E-state index contributed by atoms with van der Waals surface area (Å²) >= 11 is 0. The van der Waals surface area contributed by atoms with Gasteiger partial charge in [0.1, 0.15) is 11.8 Å². The van der Waals surface area contributed by atoms with Crippen molar-refractivity contribution < 1.29 is 28.2 Å². The van der Waals surface area contributed by atoms with E-state index in [1.54, 1.807) is 31.0 Å². The van der Waals surface area contributed by atoms with Gasteiger partial charge in [-0.15, -0.1) is 0 Å². The Labute approximate surface area is 145 Å². The summed E-state index contributed by atoms with van der Waals surface area (Å²) in [5, 5.41) is 9.17. The molecule has 0 radical (unpaired) electrons. The van der Waals surface area contributed by atoms with Gasteiger partial charge in [-0.25, -0.2) is 0 Å². The predicted molar refractivity (Wildman–Crippen MR) is 86.4 cm³/mol. The number of likely N-dealkylation sites (N-methyl/N-ethyl adjacent to an activating group) is 1. The number of hydrogen-bond donors (Lipinski definition) is 1. The fourth-order valence-electron chi connectivity index (χ4n) is 2.55. The van der Waals surface area contributed by atoms with Crippen LogP contribution in [-0.4, -0.2) is 59.1 Å². The van der Waals surface area contributed by atoms with Gasteiger partial charge in [0.2, 0.25) is 5.91 Å². The lowest BCUT2D eigenvalue weighted by Gasteiger charge is -2.28. The molecule has 0 aliphatic heterocycles. The van der Waals surface area contributed by atoms with Crippen molar-refractivity contribution in [1.29, 1.82) is 0 Å². The molecule has 1 aliphatic rings. The minimum Gasteiger partial charge on any atom is -0.480 e. The molecule has 0 heterocycles. The number of nitrogens with zero attached hydrogens (tertiary/aromatic N) is 2. The lowest BCUT2D eigenvalue weighted by atomic mass is 10.2. The summed E-state index contributed by atoms with van der Waals surface area (Å²) in [6.45, 7) is -0.954. The summed E-state index contributed by atoms with van der Waals surface area (Å²) in [6.07, 6.45) is 1.81. The smallest absolute Gasteiger partial charge is 0.387 e. The fourth-order valence-corrected chi connectivity index (χ4v) is 2.55. The number of aliphatic carboxylic acids is 1. The number of carbonyl (C=O) groups is 2. The van der Waals surface area contributed by atoms with Crippen LogP contribution in [0.25, 0.3) is 0 Å². The molecule has 0 saturated heterocycles. The van der Waals surface area contributed by atoms with Crippen LogP contribution in [0, 0.1) is 0 Å². The van der Waals surface area contributed by atoms with Crippen LogP contribution >= 0.6 is 0 Å². The Balaban J connectivity index is 1.91. The second kappa shape index (κ2) is 8.24. The van der Waals surface area contributed by atoms with Crippen LogP contribution in [0.2, 0.25) is 0 Å². The maximum Gasteiger partial charge on any atom is 0.387 e. The van der Waals surface area contributed by atoms with E-state index in [0.29, 0.717) is 6.54 Å². The summed E-state index contributed by atoms with van der Waals surface area (Å²) in [5.41, 5.74) is 0.765. The second-order valence-corrected chi connectivity index (χ2v) is 6.19. The van der Waals surface area contributed by atoms with Gasteiger partial charge in [0.05, 0.1) is 6.54 Å². The first-order valence-electron chi connectivity index (χ1n) is 8.04. The largest absolute Gasteiger partial charge is 0.480 e. The molecule has 1 fully saturated rings. The summed E-state index contributed by atoms with van der Waals surface area (Å²) in [5.74, 6) is -1.08. The van der Waals surface area contributed by atoms with Crippen molar-refractivity contribution in [2.24, 2.45) is 0 Å². The summed E-state index contributed by atoms with van der Waals surface area (Å²) in [6, 6.07) is 5.50. The topological polar surface area (TPSA) is 70.1 Å². The number of ether oxygens (including phenoxy) is 1. The number of carbonyl (C=O) groups excluding carboxylic acids is 1. The standard InChI is InChI=1S/C17H22F2N2O4/c1-11(16(23)24)21(13-5-6-13)10-15(22)20(2)9-12-3-7-14(8-4-12)25-17(18)19/h3-4,7-8,11,13,17H,5-6,9-10H2,1-2H3,(H,23,24). The number of alkyl halides is 2. The van der Waals surface area contributed by atoms with Crippen molar-refractivity contribution in [3.63, 3.8) is 0 Å². The zero-order valence-corrected chi connectivity index (χ0v) is 14.2. The molecule has 8 heteroatoms. The summed E-state index contributed by atoms with van der Waals surface area (Å²) in [7, 11) is 1.63. The van der Waals surface area contributed by atoms with Crippen LogP contribution in [0.5, 0.6) is 5.75 Å². The first kappa shape index (κ1) is 19.1. The normalized spacial score (nSPS) is 15.3. The van der Waals surface area contributed by atoms with Crippen molar-refractivity contribution in [3.05, 3.63) is 29.8 Å².